The number of aliphatic hydroxyl groups excluding tert-OH is 1. The molecule has 0 aromatic heterocycles. The van der Waals surface area contributed by atoms with Gasteiger partial charge in [0.05, 0.1) is 11.5 Å². The number of hydrogen-bond acceptors (Lipinski definition) is 3. The molecular formula is C16H19NO3S. The lowest BCUT2D eigenvalue weighted by Crippen LogP contribution is -2.39. The molecule has 0 amide bonds. The Labute approximate surface area is 125 Å². The molecule has 2 N–H and O–H groups in total. The third kappa shape index (κ3) is 4.39. The Balaban J connectivity index is 2.14. The molecule has 2 rings (SSSR count). The number of hydrogen-bond donors (Lipinski definition) is 2. The summed E-state index contributed by atoms with van der Waals surface area (Å²) < 4.78 is 27.2. The van der Waals surface area contributed by atoms with Crippen molar-refractivity contribution >= 4 is 10.0 Å². The lowest BCUT2D eigenvalue weighted by Gasteiger charge is -2.16. The van der Waals surface area contributed by atoms with Crippen LogP contribution in [0.2, 0.25) is 0 Å². The highest BCUT2D eigenvalue weighted by Crippen LogP contribution is 2.12. The first-order valence-electron chi connectivity index (χ1n) is 6.75. The first kappa shape index (κ1) is 15.7. The Morgan fingerprint density at radius 2 is 1.81 bits per heavy atom. The zero-order chi connectivity index (χ0) is 15.3. The molecule has 0 spiro atoms. The van der Waals surface area contributed by atoms with Gasteiger partial charge in [0.15, 0.2) is 0 Å². The number of aryl methyl sites for hydroxylation is 1. The predicted molar refractivity (Wildman–Crippen MR) is 82.5 cm³/mol. The molecule has 0 saturated carbocycles. The molecular weight excluding hydrogens is 286 g/mol. The van der Waals surface area contributed by atoms with E-state index in [1.54, 1.807) is 18.2 Å². The van der Waals surface area contributed by atoms with Gasteiger partial charge in [0.25, 0.3) is 0 Å². The van der Waals surface area contributed by atoms with Crippen LogP contribution in [0.5, 0.6) is 0 Å². The molecule has 2 aromatic rings. The second kappa shape index (κ2) is 6.85. The maximum absolute atomic E-state index is 12.3. The number of nitrogens with one attached hydrogen (secondary N) is 1. The van der Waals surface area contributed by atoms with Gasteiger partial charge in [-0.15, -0.1) is 0 Å². The average Bonchev–Trinajstić information content (AvgIpc) is 2.47. The molecule has 1 atom stereocenters. The number of rotatable bonds is 6. The van der Waals surface area contributed by atoms with E-state index in [-0.39, 0.29) is 11.5 Å². The van der Waals surface area contributed by atoms with Crippen LogP contribution in [-0.4, -0.2) is 26.2 Å². The second-order valence-electron chi connectivity index (χ2n) is 5.01. The van der Waals surface area contributed by atoms with Crippen LogP contribution in [0.1, 0.15) is 11.1 Å². The highest BCUT2D eigenvalue weighted by Gasteiger charge is 2.19. The first-order chi connectivity index (χ1) is 10.0. The molecule has 0 aliphatic heterocycles. The van der Waals surface area contributed by atoms with E-state index in [0.717, 1.165) is 11.1 Å². The molecule has 21 heavy (non-hydrogen) atoms. The minimum Gasteiger partial charge on any atom is -0.395 e. The molecule has 2 aromatic carbocycles. The van der Waals surface area contributed by atoms with Crippen molar-refractivity contribution in [1.29, 1.82) is 0 Å². The highest BCUT2D eigenvalue weighted by atomic mass is 32.2. The van der Waals surface area contributed by atoms with Crippen LogP contribution in [0.3, 0.4) is 0 Å². The molecule has 0 aliphatic carbocycles. The van der Waals surface area contributed by atoms with Crippen molar-refractivity contribution < 1.29 is 13.5 Å². The number of aliphatic hydroxyl groups is 1. The van der Waals surface area contributed by atoms with Gasteiger partial charge in [-0.1, -0.05) is 42.5 Å². The van der Waals surface area contributed by atoms with Crippen molar-refractivity contribution in [2.75, 3.05) is 6.61 Å². The largest absolute Gasteiger partial charge is 0.395 e. The lowest BCUT2D eigenvalue weighted by atomic mass is 10.1. The Bertz CT molecular complexity index is 684. The van der Waals surface area contributed by atoms with Crippen LogP contribution >= 0.6 is 0 Å². The zero-order valence-electron chi connectivity index (χ0n) is 11.9. The fraction of sp³-hybridized carbons (Fsp3) is 0.250. The van der Waals surface area contributed by atoms with Gasteiger partial charge in [0.2, 0.25) is 10.0 Å². The molecule has 0 heterocycles. The highest BCUT2D eigenvalue weighted by molar-refractivity contribution is 7.89. The van der Waals surface area contributed by atoms with E-state index < -0.39 is 16.1 Å². The van der Waals surface area contributed by atoms with Crippen LogP contribution < -0.4 is 4.72 Å². The van der Waals surface area contributed by atoms with Gasteiger partial charge in [0.1, 0.15) is 0 Å². The molecule has 0 fully saturated rings. The van der Waals surface area contributed by atoms with Gasteiger partial charge < -0.3 is 5.11 Å². The van der Waals surface area contributed by atoms with Gasteiger partial charge in [-0.05, 0) is 36.6 Å². The Morgan fingerprint density at radius 1 is 1.10 bits per heavy atom. The van der Waals surface area contributed by atoms with E-state index in [4.69, 9.17) is 0 Å². The minimum atomic E-state index is -3.62. The Kier molecular flexibility index (Phi) is 5.12. The van der Waals surface area contributed by atoms with E-state index in [0.29, 0.717) is 6.42 Å². The minimum absolute atomic E-state index is 0.217. The molecule has 112 valence electrons. The average molecular weight is 305 g/mol. The van der Waals surface area contributed by atoms with Crippen molar-refractivity contribution in [1.82, 2.24) is 4.72 Å². The summed E-state index contributed by atoms with van der Waals surface area (Å²) in [5, 5.41) is 9.43. The number of benzene rings is 2. The smallest absolute Gasteiger partial charge is 0.240 e. The van der Waals surface area contributed by atoms with Gasteiger partial charge in [-0.2, -0.15) is 0 Å². The summed E-state index contributed by atoms with van der Waals surface area (Å²) in [7, 11) is -3.62. The van der Waals surface area contributed by atoms with Crippen molar-refractivity contribution in [2.45, 2.75) is 24.3 Å². The van der Waals surface area contributed by atoms with Crippen LogP contribution in [0, 0.1) is 6.92 Å². The van der Waals surface area contributed by atoms with Crippen LogP contribution in [0.15, 0.2) is 59.5 Å². The van der Waals surface area contributed by atoms with Gasteiger partial charge in [-0.25, -0.2) is 13.1 Å². The summed E-state index contributed by atoms with van der Waals surface area (Å²) in [5.41, 5.74) is 1.85. The van der Waals surface area contributed by atoms with Crippen molar-refractivity contribution in [3.8, 4) is 0 Å². The fourth-order valence-electron chi connectivity index (χ4n) is 2.11. The van der Waals surface area contributed by atoms with Gasteiger partial charge in [0, 0.05) is 6.04 Å². The normalized spacial score (nSPS) is 13.0. The van der Waals surface area contributed by atoms with E-state index >= 15 is 0 Å². The van der Waals surface area contributed by atoms with E-state index in [1.165, 1.54) is 0 Å². The number of sulfonamides is 1. The molecule has 0 radical (unpaired) electrons. The van der Waals surface area contributed by atoms with Crippen LogP contribution in [-0.2, 0) is 16.4 Å². The lowest BCUT2D eigenvalue weighted by molar-refractivity contribution is 0.256. The molecule has 0 saturated heterocycles. The summed E-state index contributed by atoms with van der Waals surface area (Å²) in [4.78, 5) is 0.217. The zero-order valence-corrected chi connectivity index (χ0v) is 12.7. The summed E-state index contributed by atoms with van der Waals surface area (Å²) >= 11 is 0. The van der Waals surface area contributed by atoms with E-state index in [1.807, 2.05) is 43.3 Å². The molecule has 0 aliphatic rings. The Morgan fingerprint density at radius 3 is 2.43 bits per heavy atom. The van der Waals surface area contributed by atoms with Crippen LogP contribution in [0.25, 0.3) is 0 Å². The second-order valence-corrected chi connectivity index (χ2v) is 6.72. The molecule has 1 unspecified atom stereocenters. The molecule has 0 bridgehead atoms. The maximum Gasteiger partial charge on any atom is 0.240 e. The first-order valence-corrected chi connectivity index (χ1v) is 8.23. The maximum atomic E-state index is 12.3. The summed E-state index contributed by atoms with van der Waals surface area (Å²) in [5.74, 6) is 0. The summed E-state index contributed by atoms with van der Waals surface area (Å²) in [6.07, 6.45) is 0.447. The van der Waals surface area contributed by atoms with Crippen molar-refractivity contribution in [2.24, 2.45) is 0 Å². The molecule has 4 nitrogen and oxygen atoms in total. The quantitative estimate of drug-likeness (QED) is 0.856. The standard InChI is InChI=1S/C16H19NO3S/c1-13-6-5-9-16(10-13)21(19,20)17-15(12-18)11-14-7-3-2-4-8-14/h2-10,15,17-18H,11-12H2,1H3. The van der Waals surface area contributed by atoms with E-state index in [9.17, 15) is 13.5 Å². The Hall–Kier alpha value is -1.69. The molecule has 5 heteroatoms. The summed E-state index contributed by atoms with van der Waals surface area (Å²) in [6, 6.07) is 15.6. The fourth-order valence-corrected chi connectivity index (χ4v) is 3.44. The van der Waals surface area contributed by atoms with E-state index in [2.05, 4.69) is 4.72 Å². The third-order valence-electron chi connectivity index (χ3n) is 3.17. The van der Waals surface area contributed by atoms with Crippen LogP contribution in [0.4, 0.5) is 0 Å². The SMILES string of the molecule is Cc1cccc(S(=O)(=O)NC(CO)Cc2ccccc2)c1. The van der Waals surface area contributed by atoms with Gasteiger partial charge >= 0.3 is 0 Å². The van der Waals surface area contributed by atoms with Crippen molar-refractivity contribution in [3.63, 3.8) is 0 Å². The van der Waals surface area contributed by atoms with Crippen molar-refractivity contribution in [3.05, 3.63) is 65.7 Å². The van der Waals surface area contributed by atoms with Gasteiger partial charge in [-0.3, -0.25) is 0 Å². The predicted octanol–water partition coefficient (Wildman–Crippen LogP) is 1.88. The monoisotopic (exact) mass is 305 g/mol. The topological polar surface area (TPSA) is 66.4 Å². The summed E-state index contributed by atoms with van der Waals surface area (Å²) in [6.45, 7) is 1.59. The third-order valence-corrected chi connectivity index (χ3v) is 4.69.